The van der Waals surface area contributed by atoms with Gasteiger partial charge < -0.3 is 9.47 Å². The van der Waals surface area contributed by atoms with Crippen LogP contribution in [0.25, 0.3) is 0 Å². The molecule has 0 spiro atoms. The molecule has 38 heavy (non-hydrogen) atoms. The molecule has 0 rings (SSSR count). The Hall–Kier alpha value is -0.380. The highest BCUT2D eigenvalue weighted by Crippen LogP contribution is 2.13. The smallest absolute Gasteiger partial charge is 0.112 e. The summed E-state index contributed by atoms with van der Waals surface area (Å²) in [5, 5.41) is 0. The van der Waals surface area contributed by atoms with Gasteiger partial charge in [-0.15, -0.1) is 0 Å². The van der Waals surface area contributed by atoms with E-state index in [-0.39, 0.29) is 6.23 Å². The molecule has 0 bridgehead atoms. The Bertz CT molecular complexity index is 451. The van der Waals surface area contributed by atoms with E-state index in [1.54, 1.807) is 0 Å². The number of rotatable bonds is 32. The predicted octanol–water partition coefficient (Wildman–Crippen LogP) is 11.3. The zero-order valence-electron chi connectivity index (χ0n) is 26.8. The molecule has 0 amide bonds. The first-order valence-corrected chi connectivity index (χ1v) is 17.2. The van der Waals surface area contributed by atoms with Crippen LogP contribution >= 0.6 is 0 Å². The molecule has 0 fully saturated rings. The van der Waals surface area contributed by atoms with Crippen LogP contribution in [0.2, 0.25) is 0 Å². The zero-order chi connectivity index (χ0) is 27.8. The maximum atomic E-state index is 6.15. The topological polar surface area (TPSA) is 21.7 Å². The molecule has 0 heterocycles. The number of nitrogens with zero attached hydrogens (tertiary/aromatic N) is 1. The summed E-state index contributed by atoms with van der Waals surface area (Å²) in [5.41, 5.74) is 0. The first kappa shape index (κ1) is 37.6. The van der Waals surface area contributed by atoms with Crippen LogP contribution in [0.4, 0.5) is 0 Å². The summed E-state index contributed by atoms with van der Waals surface area (Å²) in [6.45, 7) is 7.16. The van der Waals surface area contributed by atoms with Gasteiger partial charge in [-0.2, -0.15) is 0 Å². The van der Waals surface area contributed by atoms with Crippen LogP contribution in [0.5, 0.6) is 0 Å². The maximum Gasteiger partial charge on any atom is 0.112 e. The molecule has 0 aliphatic carbocycles. The lowest BCUT2D eigenvalue weighted by Crippen LogP contribution is -2.32. The predicted molar refractivity (Wildman–Crippen MR) is 170 cm³/mol. The first-order chi connectivity index (χ1) is 18.7. The fourth-order valence-corrected chi connectivity index (χ4v) is 5.04. The zero-order valence-corrected chi connectivity index (χ0v) is 26.8. The van der Waals surface area contributed by atoms with Crippen LogP contribution < -0.4 is 0 Å². The third kappa shape index (κ3) is 30.2. The first-order valence-electron chi connectivity index (χ1n) is 17.2. The van der Waals surface area contributed by atoms with E-state index in [0.717, 1.165) is 26.2 Å². The lowest BCUT2D eigenvalue weighted by molar-refractivity contribution is -0.0560. The van der Waals surface area contributed by atoms with Crippen molar-refractivity contribution in [3.8, 4) is 0 Å². The van der Waals surface area contributed by atoms with Gasteiger partial charge in [0.2, 0.25) is 0 Å². The van der Waals surface area contributed by atoms with Crippen molar-refractivity contribution in [1.82, 2.24) is 4.90 Å². The van der Waals surface area contributed by atoms with E-state index >= 15 is 0 Å². The van der Waals surface area contributed by atoms with Crippen LogP contribution in [0.3, 0.4) is 0 Å². The van der Waals surface area contributed by atoms with E-state index in [1.807, 2.05) is 0 Å². The largest absolute Gasteiger partial charge is 0.381 e. The lowest BCUT2D eigenvalue weighted by atomic mass is 10.1. The molecule has 0 aromatic carbocycles. The van der Waals surface area contributed by atoms with Gasteiger partial charge >= 0.3 is 0 Å². The third-order valence-electron chi connectivity index (χ3n) is 7.69. The molecule has 1 unspecified atom stereocenters. The average molecular weight is 538 g/mol. The van der Waals surface area contributed by atoms with Crippen LogP contribution in [0.1, 0.15) is 174 Å². The summed E-state index contributed by atoms with van der Waals surface area (Å²) >= 11 is 0. The number of unbranched alkanes of at least 4 members (excludes halogenated alkanes) is 21. The highest BCUT2D eigenvalue weighted by atomic mass is 16.5. The monoisotopic (exact) mass is 538 g/mol. The maximum absolute atomic E-state index is 6.15. The quantitative estimate of drug-likeness (QED) is 0.0484. The lowest BCUT2D eigenvalue weighted by Gasteiger charge is -2.24. The second-order valence-electron chi connectivity index (χ2n) is 11.8. The molecular weight excluding hydrogens is 466 g/mol. The van der Waals surface area contributed by atoms with Crippen molar-refractivity contribution in [2.45, 2.75) is 181 Å². The van der Waals surface area contributed by atoms with E-state index in [9.17, 15) is 0 Å². The fraction of sp³-hybridized carbons (Fsp3) is 0.943. The van der Waals surface area contributed by atoms with Crippen LogP contribution in [-0.2, 0) is 9.47 Å². The van der Waals surface area contributed by atoms with Gasteiger partial charge in [-0.1, -0.05) is 142 Å². The van der Waals surface area contributed by atoms with E-state index in [2.05, 4.69) is 45.0 Å². The van der Waals surface area contributed by atoms with E-state index in [1.165, 1.54) is 154 Å². The Labute approximate surface area is 240 Å². The summed E-state index contributed by atoms with van der Waals surface area (Å²) in [6, 6.07) is 0. The molecule has 0 aliphatic rings. The van der Waals surface area contributed by atoms with Crippen molar-refractivity contribution in [1.29, 1.82) is 0 Å². The Morgan fingerprint density at radius 1 is 0.474 bits per heavy atom. The number of hydrogen-bond donors (Lipinski definition) is 0. The van der Waals surface area contributed by atoms with Crippen molar-refractivity contribution < 1.29 is 9.47 Å². The van der Waals surface area contributed by atoms with Crippen LogP contribution in [0.15, 0.2) is 12.2 Å². The third-order valence-corrected chi connectivity index (χ3v) is 7.69. The van der Waals surface area contributed by atoms with E-state index in [0.29, 0.717) is 0 Å². The minimum atomic E-state index is 0.190. The van der Waals surface area contributed by atoms with Crippen molar-refractivity contribution >= 4 is 0 Å². The van der Waals surface area contributed by atoms with Gasteiger partial charge in [0.15, 0.2) is 0 Å². The highest BCUT2D eigenvalue weighted by Gasteiger charge is 2.11. The van der Waals surface area contributed by atoms with Gasteiger partial charge in [-0.3, -0.25) is 4.90 Å². The van der Waals surface area contributed by atoms with Gasteiger partial charge in [0.1, 0.15) is 6.23 Å². The van der Waals surface area contributed by atoms with Gasteiger partial charge in [0.25, 0.3) is 0 Å². The molecule has 228 valence electrons. The molecule has 0 aromatic heterocycles. The molecule has 3 heteroatoms. The summed E-state index contributed by atoms with van der Waals surface area (Å²) in [5.74, 6) is 0. The standard InChI is InChI=1S/C35H71NO2/c1-5-7-9-11-13-14-15-16-17-18-19-20-21-22-23-24-25-26-28-30-33-38-35(36(3)4)31-34-37-32-29-27-12-10-8-6-2/h16-17,35H,5-15,18-34H2,1-4H3/b17-16-. The molecule has 3 nitrogen and oxygen atoms in total. The number of hydrogen-bond acceptors (Lipinski definition) is 3. The summed E-state index contributed by atoms with van der Waals surface area (Å²) in [4.78, 5) is 2.20. The van der Waals surface area contributed by atoms with Crippen LogP contribution in [0, 0.1) is 0 Å². The molecule has 1 atom stereocenters. The molecule has 0 radical (unpaired) electrons. The average Bonchev–Trinajstić information content (AvgIpc) is 2.91. The van der Waals surface area contributed by atoms with Crippen molar-refractivity contribution in [2.24, 2.45) is 0 Å². The molecular formula is C35H71NO2. The number of allylic oxidation sites excluding steroid dienone is 2. The fourth-order valence-electron chi connectivity index (χ4n) is 5.04. The van der Waals surface area contributed by atoms with E-state index in [4.69, 9.17) is 9.47 Å². The molecule has 0 aliphatic heterocycles. The minimum absolute atomic E-state index is 0.190. The minimum Gasteiger partial charge on any atom is -0.381 e. The molecule has 0 saturated heterocycles. The molecule has 0 aromatic rings. The Morgan fingerprint density at radius 2 is 0.868 bits per heavy atom. The van der Waals surface area contributed by atoms with Crippen LogP contribution in [-0.4, -0.2) is 45.0 Å². The molecule has 0 saturated carbocycles. The second-order valence-corrected chi connectivity index (χ2v) is 11.8. The SMILES string of the molecule is CCCCCCCC/C=C\CCCCCCCCCCCCOC(CCOCCCCCCCC)N(C)C. The van der Waals surface area contributed by atoms with Gasteiger partial charge in [-0.05, 0) is 52.6 Å². The Balaban J connectivity index is 3.36. The summed E-state index contributed by atoms with van der Waals surface area (Å²) in [7, 11) is 4.23. The molecule has 0 N–H and O–H groups in total. The van der Waals surface area contributed by atoms with Crippen molar-refractivity contribution in [3.63, 3.8) is 0 Å². The normalized spacial score (nSPS) is 12.8. The highest BCUT2D eigenvalue weighted by molar-refractivity contribution is 4.81. The number of ether oxygens (including phenoxy) is 2. The summed E-state index contributed by atoms with van der Waals surface area (Å²) in [6.07, 6.45) is 38.7. The van der Waals surface area contributed by atoms with Crippen molar-refractivity contribution in [2.75, 3.05) is 33.9 Å². The van der Waals surface area contributed by atoms with E-state index < -0.39 is 0 Å². The Kier molecular flexibility index (Phi) is 32.5. The Morgan fingerprint density at radius 3 is 1.32 bits per heavy atom. The van der Waals surface area contributed by atoms with Gasteiger partial charge in [0, 0.05) is 19.6 Å². The second kappa shape index (κ2) is 32.8. The van der Waals surface area contributed by atoms with Gasteiger partial charge in [-0.25, -0.2) is 0 Å². The summed E-state index contributed by atoms with van der Waals surface area (Å²) < 4.78 is 12.0. The van der Waals surface area contributed by atoms with Crippen molar-refractivity contribution in [3.05, 3.63) is 12.2 Å². The van der Waals surface area contributed by atoms with Gasteiger partial charge in [0.05, 0.1) is 6.61 Å².